The summed E-state index contributed by atoms with van der Waals surface area (Å²) in [7, 11) is 0. The number of rotatable bonds is 2. The topological polar surface area (TPSA) is 77.8 Å². The van der Waals surface area contributed by atoms with Crippen LogP contribution < -0.4 is 0 Å². The van der Waals surface area contributed by atoms with Gasteiger partial charge >= 0.3 is 12.1 Å². The Morgan fingerprint density at radius 1 is 1.14 bits per heavy atom. The molecular weight excluding hydrogens is 291 g/mol. The van der Waals surface area contributed by atoms with Gasteiger partial charge in [0.25, 0.3) is 0 Å². The van der Waals surface area contributed by atoms with Crippen molar-refractivity contribution in [2.45, 2.75) is 50.4 Å². The second kappa shape index (κ2) is 5.82. The van der Waals surface area contributed by atoms with Gasteiger partial charge in [-0.3, -0.25) is 4.79 Å². The van der Waals surface area contributed by atoms with Gasteiger partial charge in [-0.2, -0.15) is 13.2 Å². The molecular formula is C13H18F3NO4. The minimum Gasteiger partial charge on any atom is -0.480 e. The summed E-state index contributed by atoms with van der Waals surface area (Å²) in [5.41, 5.74) is 0. The number of halogens is 3. The van der Waals surface area contributed by atoms with Gasteiger partial charge in [-0.1, -0.05) is 12.8 Å². The molecule has 4 atom stereocenters. The van der Waals surface area contributed by atoms with Gasteiger partial charge in [-0.25, -0.2) is 4.79 Å². The van der Waals surface area contributed by atoms with E-state index in [1.165, 1.54) is 0 Å². The predicted molar refractivity (Wildman–Crippen MR) is 65.3 cm³/mol. The zero-order valence-corrected chi connectivity index (χ0v) is 11.3. The van der Waals surface area contributed by atoms with Crippen LogP contribution in [0.1, 0.15) is 32.1 Å². The quantitative estimate of drug-likeness (QED) is 0.808. The number of carboxylic acid groups (broad SMARTS) is 1. The zero-order valence-electron chi connectivity index (χ0n) is 11.3. The van der Waals surface area contributed by atoms with E-state index in [0.29, 0.717) is 12.8 Å². The van der Waals surface area contributed by atoms with Crippen LogP contribution in [-0.2, 0) is 9.59 Å². The third-order valence-corrected chi connectivity index (χ3v) is 4.35. The number of β-amino-alcohol motifs (C(OH)–C–C–N with tert-alkyl or cyclic N) is 1. The van der Waals surface area contributed by atoms with E-state index in [9.17, 15) is 27.9 Å². The summed E-state index contributed by atoms with van der Waals surface area (Å²) in [6, 6.07) is -1.23. The molecule has 1 aliphatic carbocycles. The van der Waals surface area contributed by atoms with Crippen molar-refractivity contribution < 1.29 is 33.0 Å². The highest BCUT2D eigenvalue weighted by Crippen LogP contribution is 2.42. The van der Waals surface area contributed by atoms with Gasteiger partial charge in [0.05, 0.1) is 12.0 Å². The number of aliphatic hydroxyl groups is 1. The smallest absolute Gasteiger partial charge is 0.392 e. The normalized spacial score (nSPS) is 34.0. The molecule has 2 unspecified atom stereocenters. The van der Waals surface area contributed by atoms with E-state index >= 15 is 0 Å². The van der Waals surface area contributed by atoms with Crippen molar-refractivity contribution >= 4 is 11.9 Å². The Balaban J connectivity index is 2.18. The molecule has 8 heteroatoms. The van der Waals surface area contributed by atoms with Crippen LogP contribution in [0.5, 0.6) is 0 Å². The van der Waals surface area contributed by atoms with Crippen molar-refractivity contribution in [3.05, 3.63) is 0 Å². The van der Waals surface area contributed by atoms with Gasteiger partial charge < -0.3 is 15.1 Å². The molecule has 2 rings (SSSR count). The molecule has 0 aromatic rings. The molecule has 0 radical (unpaired) electrons. The molecule has 2 fully saturated rings. The molecule has 1 amide bonds. The number of amides is 1. The average molecular weight is 309 g/mol. The lowest BCUT2D eigenvalue weighted by Gasteiger charge is -2.35. The number of hydrogen-bond acceptors (Lipinski definition) is 3. The summed E-state index contributed by atoms with van der Waals surface area (Å²) in [6.07, 6.45) is -4.64. The summed E-state index contributed by atoms with van der Waals surface area (Å²) in [5.74, 6) is -5.03. The van der Waals surface area contributed by atoms with Crippen LogP contribution in [0.15, 0.2) is 0 Å². The van der Waals surface area contributed by atoms with Crippen LogP contribution in [0, 0.1) is 11.8 Å². The molecule has 1 aliphatic heterocycles. The van der Waals surface area contributed by atoms with Crippen LogP contribution >= 0.6 is 0 Å². The molecule has 5 nitrogen and oxygen atoms in total. The number of nitrogens with zero attached hydrogens (tertiary/aromatic N) is 1. The second-order valence-electron chi connectivity index (χ2n) is 5.77. The van der Waals surface area contributed by atoms with Crippen LogP contribution in [-0.4, -0.2) is 51.9 Å². The van der Waals surface area contributed by atoms with Crippen molar-refractivity contribution in [3.63, 3.8) is 0 Å². The lowest BCUT2D eigenvalue weighted by molar-refractivity contribution is -0.201. The van der Waals surface area contributed by atoms with E-state index in [1.807, 2.05) is 0 Å². The third kappa shape index (κ3) is 3.30. The number of carbonyl (C=O) groups excluding carboxylic acids is 1. The fourth-order valence-corrected chi connectivity index (χ4v) is 3.32. The van der Waals surface area contributed by atoms with Crippen molar-refractivity contribution in [2.75, 3.05) is 6.54 Å². The molecule has 0 bridgehead atoms. The highest BCUT2D eigenvalue weighted by Gasteiger charge is 2.51. The van der Waals surface area contributed by atoms with Gasteiger partial charge in [0.2, 0.25) is 5.91 Å². The summed E-state index contributed by atoms with van der Waals surface area (Å²) in [4.78, 5) is 24.4. The minimum atomic E-state index is -4.46. The van der Waals surface area contributed by atoms with Crippen LogP contribution in [0.3, 0.4) is 0 Å². The number of hydrogen-bond donors (Lipinski definition) is 2. The number of carboxylic acids is 1. The lowest BCUT2D eigenvalue weighted by atomic mass is 9.78. The van der Waals surface area contributed by atoms with Gasteiger partial charge in [0, 0.05) is 18.9 Å². The highest BCUT2D eigenvalue weighted by molar-refractivity contribution is 5.86. The molecule has 120 valence electrons. The summed E-state index contributed by atoms with van der Waals surface area (Å²) in [5, 5.41) is 18.6. The number of alkyl halides is 3. The van der Waals surface area contributed by atoms with Crippen molar-refractivity contribution in [3.8, 4) is 0 Å². The molecule has 1 saturated heterocycles. The van der Waals surface area contributed by atoms with Crippen LogP contribution in [0.2, 0.25) is 0 Å². The molecule has 2 N–H and O–H groups in total. The Labute approximate surface area is 119 Å². The monoisotopic (exact) mass is 309 g/mol. The van der Waals surface area contributed by atoms with Crippen molar-refractivity contribution in [1.82, 2.24) is 4.90 Å². The molecule has 1 saturated carbocycles. The minimum absolute atomic E-state index is 0.103. The highest BCUT2D eigenvalue weighted by atomic mass is 19.4. The summed E-state index contributed by atoms with van der Waals surface area (Å²) in [6.45, 7) is -0.211. The number of aliphatic carboxylic acids is 1. The number of likely N-dealkylation sites (tertiary alicyclic amines) is 1. The largest absolute Gasteiger partial charge is 0.480 e. The molecule has 21 heavy (non-hydrogen) atoms. The second-order valence-corrected chi connectivity index (χ2v) is 5.77. The van der Waals surface area contributed by atoms with Crippen molar-refractivity contribution in [2.24, 2.45) is 11.8 Å². The fraction of sp³-hybridized carbons (Fsp3) is 0.846. The molecule has 2 aliphatic rings. The van der Waals surface area contributed by atoms with Gasteiger partial charge in [0.15, 0.2) is 0 Å². The van der Waals surface area contributed by atoms with E-state index in [4.69, 9.17) is 5.11 Å². The first-order chi connectivity index (χ1) is 9.71. The van der Waals surface area contributed by atoms with Gasteiger partial charge in [-0.15, -0.1) is 0 Å². The maximum Gasteiger partial charge on any atom is 0.392 e. The standard InChI is InChI=1S/C13H18F3NO4/c14-13(15,16)9-4-2-1-3-8(9)11(19)17-6-7(18)5-10(17)12(20)21/h7-10,18H,1-6H2,(H,20,21)/t7-,8?,9?,10-/m0/s1. The van der Waals surface area contributed by atoms with E-state index in [1.54, 1.807) is 0 Å². The van der Waals surface area contributed by atoms with Crippen molar-refractivity contribution in [1.29, 1.82) is 0 Å². The number of carbonyl (C=O) groups is 2. The van der Waals surface area contributed by atoms with Crippen LogP contribution in [0.25, 0.3) is 0 Å². The first kappa shape index (κ1) is 16.1. The van der Waals surface area contributed by atoms with Gasteiger partial charge in [-0.05, 0) is 12.8 Å². The Morgan fingerprint density at radius 2 is 1.76 bits per heavy atom. The maximum atomic E-state index is 13.0. The molecule has 0 spiro atoms. The van der Waals surface area contributed by atoms with Gasteiger partial charge in [0.1, 0.15) is 6.04 Å². The summed E-state index contributed by atoms with van der Waals surface area (Å²) < 4.78 is 39.1. The average Bonchev–Trinajstić information content (AvgIpc) is 2.79. The Kier molecular flexibility index (Phi) is 4.46. The van der Waals surface area contributed by atoms with E-state index in [-0.39, 0.29) is 25.8 Å². The lowest BCUT2D eigenvalue weighted by Crippen LogP contribution is -2.48. The number of aliphatic hydroxyl groups excluding tert-OH is 1. The fourth-order valence-electron chi connectivity index (χ4n) is 3.32. The van der Waals surface area contributed by atoms with E-state index in [0.717, 1.165) is 4.90 Å². The molecule has 0 aromatic heterocycles. The predicted octanol–water partition coefficient (Wildman–Crippen LogP) is 1.40. The van der Waals surface area contributed by atoms with Crippen LogP contribution in [0.4, 0.5) is 13.2 Å². The first-order valence-corrected chi connectivity index (χ1v) is 7.00. The maximum absolute atomic E-state index is 13.0. The third-order valence-electron chi connectivity index (χ3n) is 4.35. The van der Waals surface area contributed by atoms with E-state index in [2.05, 4.69) is 0 Å². The zero-order chi connectivity index (χ0) is 15.8. The summed E-state index contributed by atoms with van der Waals surface area (Å²) >= 11 is 0. The Hall–Kier alpha value is -1.31. The Morgan fingerprint density at radius 3 is 2.33 bits per heavy atom. The first-order valence-electron chi connectivity index (χ1n) is 7.00. The molecule has 1 heterocycles. The van der Waals surface area contributed by atoms with E-state index < -0.39 is 42.0 Å². The SMILES string of the molecule is O=C(O)[C@@H]1C[C@H](O)CN1C(=O)C1CCCCC1C(F)(F)F. The Bertz CT molecular complexity index is 426. The molecule has 0 aromatic carbocycles.